The molecule has 1 atom stereocenters. The SMILES string of the molecule is Cc1cccc(C(=O)N[C@@H](C)C(=O)NNC(=O)c2cncn2-c2ccc(F)cc2)c1. The van der Waals surface area contributed by atoms with Crippen LogP contribution in [0.25, 0.3) is 5.69 Å². The highest BCUT2D eigenvalue weighted by Gasteiger charge is 2.19. The molecule has 1 heterocycles. The van der Waals surface area contributed by atoms with Crippen molar-refractivity contribution in [3.8, 4) is 5.69 Å². The largest absolute Gasteiger partial charge is 0.340 e. The molecule has 0 bridgehead atoms. The number of carbonyl (C=O) groups excluding carboxylic acids is 3. The van der Waals surface area contributed by atoms with E-state index in [-0.39, 0.29) is 5.69 Å². The molecule has 3 rings (SSSR count). The van der Waals surface area contributed by atoms with Crippen LogP contribution in [0.1, 0.15) is 33.3 Å². The quantitative estimate of drug-likeness (QED) is 0.560. The maximum absolute atomic E-state index is 13.1. The highest BCUT2D eigenvalue weighted by molar-refractivity contribution is 5.98. The summed E-state index contributed by atoms with van der Waals surface area (Å²) in [5.74, 6) is -2.03. The van der Waals surface area contributed by atoms with Crippen molar-refractivity contribution >= 4 is 17.7 Å². The van der Waals surface area contributed by atoms with Gasteiger partial charge in [-0.1, -0.05) is 17.7 Å². The smallest absolute Gasteiger partial charge is 0.288 e. The Morgan fingerprint density at radius 2 is 1.77 bits per heavy atom. The molecule has 8 nitrogen and oxygen atoms in total. The number of hydrogen-bond donors (Lipinski definition) is 3. The summed E-state index contributed by atoms with van der Waals surface area (Å²) in [5, 5.41) is 2.57. The summed E-state index contributed by atoms with van der Waals surface area (Å²) in [6, 6.07) is 11.6. The lowest BCUT2D eigenvalue weighted by atomic mass is 10.1. The molecule has 3 N–H and O–H groups in total. The first-order valence-corrected chi connectivity index (χ1v) is 9.11. The zero-order valence-electron chi connectivity index (χ0n) is 16.3. The van der Waals surface area contributed by atoms with Gasteiger partial charge in [0, 0.05) is 11.3 Å². The Morgan fingerprint density at radius 3 is 2.47 bits per heavy atom. The summed E-state index contributed by atoms with van der Waals surface area (Å²) in [6.45, 7) is 3.36. The van der Waals surface area contributed by atoms with Gasteiger partial charge in [-0.3, -0.25) is 29.8 Å². The highest BCUT2D eigenvalue weighted by Crippen LogP contribution is 2.12. The van der Waals surface area contributed by atoms with Gasteiger partial charge in [-0.25, -0.2) is 9.37 Å². The molecule has 3 aromatic rings. The average molecular weight is 409 g/mol. The summed E-state index contributed by atoms with van der Waals surface area (Å²) in [7, 11) is 0. The number of benzene rings is 2. The normalized spacial score (nSPS) is 11.4. The molecule has 0 radical (unpaired) electrons. The van der Waals surface area contributed by atoms with Crippen molar-refractivity contribution in [2.24, 2.45) is 0 Å². The molecule has 30 heavy (non-hydrogen) atoms. The van der Waals surface area contributed by atoms with Gasteiger partial charge >= 0.3 is 0 Å². The lowest BCUT2D eigenvalue weighted by Gasteiger charge is -2.15. The zero-order chi connectivity index (χ0) is 21.7. The van der Waals surface area contributed by atoms with Crippen LogP contribution in [-0.2, 0) is 4.79 Å². The van der Waals surface area contributed by atoms with Gasteiger partial charge in [0.05, 0.1) is 12.5 Å². The number of amides is 3. The third-order valence-corrected chi connectivity index (χ3v) is 4.30. The van der Waals surface area contributed by atoms with Crippen LogP contribution in [0.3, 0.4) is 0 Å². The highest BCUT2D eigenvalue weighted by atomic mass is 19.1. The van der Waals surface area contributed by atoms with Crippen molar-refractivity contribution in [1.82, 2.24) is 25.7 Å². The van der Waals surface area contributed by atoms with Crippen LogP contribution in [0.2, 0.25) is 0 Å². The van der Waals surface area contributed by atoms with Gasteiger partial charge < -0.3 is 5.32 Å². The molecule has 0 aliphatic carbocycles. The molecule has 0 saturated heterocycles. The van der Waals surface area contributed by atoms with Gasteiger partial charge in [-0.15, -0.1) is 0 Å². The van der Waals surface area contributed by atoms with Crippen LogP contribution in [-0.4, -0.2) is 33.3 Å². The lowest BCUT2D eigenvalue weighted by molar-refractivity contribution is -0.123. The summed E-state index contributed by atoms with van der Waals surface area (Å²) in [5.41, 5.74) is 6.58. The van der Waals surface area contributed by atoms with Gasteiger partial charge in [-0.2, -0.15) is 0 Å². The first-order valence-electron chi connectivity index (χ1n) is 9.11. The summed E-state index contributed by atoms with van der Waals surface area (Å²) in [4.78, 5) is 40.8. The molecule has 0 spiro atoms. The van der Waals surface area contributed by atoms with Crippen LogP contribution >= 0.6 is 0 Å². The van der Waals surface area contributed by atoms with E-state index in [1.807, 2.05) is 13.0 Å². The first-order chi connectivity index (χ1) is 14.3. The second-order valence-corrected chi connectivity index (χ2v) is 6.63. The van der Waals surface area contributed by atoms with Crippen molar-refractivity contribution < 1.29 is 18.8 Å². The predicted molar refractivity (Wildman–Crippen MR) is 107 cm³/mol. The lowest BCUT2D eigenvalue weighted by Crippen LogP contribution is -2.51. The van der Waals surface area contributed by atoms with Gasteiger partial charge in [0.1, 0.15) is 17.6 Å². The number of hydrogen-bond acceptors (Lipinski definition) is 4. The van der Waals surface area contributed by atoms with Gasteiger partial charge in [0.2, 0.25) is 0 Å². The number of nitrogens with zero attached hydrogens (tertiary/aromatic N) is 2. The van der Waals surface area contributed by atoms with Crippen molar-refractivity contribution in [2.45, 2.75) is 19.9 Å². The summed E-state index contributed by atoms with van der Waals surface area (Å²) < 4.78 is 14.6. The second kappa shape index (κ2) is 8.99. The Kier molecular flexibility index (Phi) is 6.21. The Bertz CT molecular complexity index is 1080. The standard InChI is InChI=1S/C21H20FN5O3/c1-13-4-3-5-15(10-13)20(29)24-14(2)19(28)25-26-21(30)18-11-23-12-27(18)17-8-6-16(22)7-9-17/h3-12,14H,1-2H3,(H,24,29)(H,25,28)(H,26,30)/t14-/m0/s1. The number of carbonyl (C=O) groups is 3. The van der Waals surface area contributed by atoms with Crippen LogP contribution in [0.15, 0.2) is 61.1 Å². The zero-order valence-corrected chi connectivity index (χ0v) is 16.3. The maximum atomic E-state index is 13.1. The van der Waals surface area contributed by atoms with Gasteiger partial charge in [0.25, 0.3) is 17.7 Å². The van der Waals surface area contributed by atoms with Crippen molar-refractivity contribution in [3.05, 3.63) is 83.7 Å². The second-order valence-electron chi connectivity index (χ2n) is 6.63. The van der Waals surface area contributed by atoms with E-state index in [1.54, 1.807) is 18.2 Å². The first kappa shape index (κ1) is 20.7. The number of imidazole rings is 1. The Balaban J connectivity index is 1.58. The minimum Gasteiger partial charge on any atom is -0.340 e. The summed E-state index contributed by atoms with van der Waals surface area (Å²) >= 11 is 0. The Hall–Kier alpha value is -4.01. The van der Waals surface area contributed by atoms with Gasteiger partial charge in [-0.05, 0) is 50.2 Å². The maximum Gasteiger partial charge on any atom is 0.288 e. The van der Waals surface area contributed by atoms with Gasteiger partial charge in [0.15, 0.2) is 0 Å². The van der Waals surface area contributed by atoms with Crippen LogP contribution in [0.4, 0.5) is 4.39 Å². The van der Waals surface area contributed by atoms with E-state index in [2.05, 4.69) is 21.2 Å². The molecule has 0 saturated carbocycles. The van der Waals surface area contributed by atoms with Crippen molar-refractivity contribution in [1.29, 1.82) is 0 Å². The number of nitrogens with one attached hydrogen (secondary N) is 3. The predicted octanol–water partition coefficient (Wildman–Crippen LogP) is 1.90. The van der Waals surface area contributed by atoms with E-state index in [9.17, 15) is 18.8 Å². The third kappa shape index (κ3) is 4.88. The molecule has 0 aliphatic heterocycles. The number of aryl methyl sites for hydroxylation is 1. The monoisotopic (exact) mass is 409 g/mol. The fourth-order valence-electron chi connectivity index (χ4n) is 2.69. The molecule has 0 unspecified atom stereocenters. The Morgan fingerprint density at radius 1 is 1.03 bits per heavy atom. The number of aromatic nitrogens is 2. The number of rotatable bonds is 5. The van der Waals surface area contributed by atoms with Crippen molar-refractivity contribution in [2.75, 3.05) is 0 Å². The van der Waals surface area contributed by atoms with E-state index in [0.29, 0.717) is 11.3 Å². The Labute approximate surface area is 172 Å². The molecule has 3 amide bonds. The molecule has 154 valence electrons. The third-order valence-electron chi connectivity index (χ3n) is 4.30. The van der Waals surface area contributed by atoms with E-state index >= 15 is 0 Å². The molecular formula is C21H20FN5O3. The van der Waals surface area contributed by atoms with Crippen molar-refractivity contribution in [3.63, 3.8) is 0 Å². The topological polar surface area (TPSA) is 105 Å². The fraction of sp³-hybridized carbons (Fsp3) is 0.143. The molecule has 1 aromatic heterocycles. The van der Waals surface area contributed by atoms with Crippen LogP contribution < -0.4 is 16.2 Å². The molecule has 0 fully saturated rings. The molecule has 0 aliphatic rings. The number of halogens is 1. The van der Waals surface area contributed by atoms with Crippen LogP contribution in [0.5, 0.6) is 0 Å². The molecular weight excluding hydrogens is 389 g/mol. The van der Waals surface area contributed by atoms with E-state index in [0.717, 1.165) is 5.56 Å². The van der Waals surface area contributed by atoms with Crippen LogP contribution in [0, 0.1) is 12.7 Å². The average Bonchev–Trinajstić information content (AvgIpc) is 3.22. The van der Waals surface area contributed by atoms with E-state index < -0.39 is 29.6 Å². The minimum atomic E-state index is -0.889. The minimum absolute atomic E-state index is 0.137. The molecule has 9 heteroatoms. The number of hydrazine groups is 1. The van der Waals surface area contributed by atoms with E-state index in [4.69, 9.17) is 0 Å². The summed E-state index contributed by atoms with van der Waals surface area (Å²) in [6.07, 6.45) is 2.71. The fourth-order valence-corrected chi connectivity index (χ4v) is 2.69. The van der Waals surface area contributed by atoms with E-state index in [1.165, 1.54) is 48.3 Å². The molecule has 2 aromatic carbocycles.